The molecule has 2 nitrogen and oxygen atoms in total. The topological polar surface area (TPSA) is 35.2 Å². The SMILES string of the molecule is CC(N)Cc1cc(F)ccc1Oc1ccc(F)c(Cl)c1. The summed E-state index contributed by atoms with van der Waals surface area (Å²) in [6, 6.07) is 8.11. The molecule has 0 spiro atoms. The molecule has 0 amide bonds. The second-order valence-corrected chi connectivity index (χ2v) is 5.02. The standard InChI is InChI=1S/C15H14ClF2NO/c1-9(19)6-10-7-11(17)2-5-15(10)20-12-3-4-14(18)13(16)8-12/h2-5,7-9H,6,19H2,1H3. The molecule has 20 heavy (non-hydrogen) atoms. The van der Waals surface area contributed by atoms with Crippen molar-refractivity contribution in [3.63, 3.8) is 0 Å². The molecule has 0 bridgehead atoms. The zero-order chi connectivity index (χ0) is 14.7. The van der Waals surface area contributed by atoms with Crippen LogP contribution in [0.1, 0.15) is 12.5 Å². The van der Waals surface area contributed by atoms with Crippen LogP contribution in [0.5, 0.6) is 11.5 Å². The first-order chi connectivity index (χ1) is 9.45. The van der Waals surface area contributed by atoms with E-state index in [1.807, 2.05) is 6.92 Å². The van der Waals surface area contributed by atoms with Gasteiger partial charge in [0.05, 0.1) is 5.02 Å². The molecular weight excluding hydrogens is 284 g/mol. The molecule has 2 N–H and O–H groups in total. The van der Waals surface area contributed by atoms with Gasteiger partial charge in [0, 0.05) is 12.1 Å². The van der Waals surface area contributed by atoms with Crippen LogP contribution in [0.2, 0.25) is 5.02 Å². The molecule has 0 aromatic heterocycles. The third kappa shape index (κ3) is 3.68. The molecular formula is C15H14ClF2NO. The predicted octanol–water partition coefficient (Wildman–Crippen LogP) is 4.30. The molecule has 2 aromatic carbocycles. The van der Waals surface area contributed by atoms with E-state index < -0.39 is 5.82 Å². The van der Waals surface area contributed by atoms with Crippen molar-refractivity contribution in [2.45, 2.75) is 19.4 Å². The van der Waals surface area contributed by atoms with Crippen molar-refractivity contribution >= 4 is 11.6 Å². The fraction of sp³-hybridized carbons (Fsp3) is 0.200. The highest BCUT2D eigenvalue weighted by atomic mass is 35.5. The van der Waals surface area contributed by atoms with Gasteiger partial charge in [0.1, 0.15) is 23.1 Å². The number of nitrogens with two attached hydrogens (primary N) is 1. The summed E-state index contributed by atoms with van der Waals surface area (Å²) in [5.74, 6) is -0.0145. The number of benzene rings is 2. The van der Waals surface area contributed by atoms with E-state index in [-0.39, 0.29) is 16.9 Å². The van der Waals surface area contributed by atoms with Gasteiger partial charge in [-0.1, -0.05) is 11.6 Å². The minimum absolute atomic E-state index is 0.0293. The molecule has 0 aliphatic rings. The van der Waals surface area contributed by atoms with Crippen molar-refractivity contribution in [3.8, 4) is 11.5 Å². The van der Waals surface area contributed by atoms with Crippen LogP contribution in [0, 0.1) is 11.6 Å². The van der Waals surface area contributed by atoms with E-state index in [2.05, 4.69) is 0 Å². The second kappa shape index (κ2) is 6.20. The summed E-state index contributed by atoms with van der Waals surface area (Å²) < 4.78 is 32.0. The summed E-state index contributed by atoms with van der Waals surface area (Å²) in [6.45, 7) is 1.82. The number of ether oxygens (including phenoxy) is 1. The molecule has 2 aromatic rings. The average Bonchev–Trinajstić information content (AvgIpc) is 2.36. The number of hydrogen-bond acceptors (Lipinski definition) is 2. The maximum atomic E-state index is 13.3. The number of halogens is 3. The Hall–Kier alpha value is -1.65. The highest BCUT2D eigenvalue weighted by Gasteiger charge is 2.10. The molecule has 0 saturated carbocycles. The average molecular weight is 298 g/mol. The first-order valence-corrected chi connectivity index (χ1v) is 6.50. The molecule has 0 heterocycles. The summed E-state index contributed by atoms with van der Waals surface area (Å²) in [7, 11) is 0. The molecule has 0 saturated heterocycles. The van der Waals surface area contributed by atoms with Crippen LogP contribution in [-0.2, 0) is 6.42 Å². The largest absolute Gasteiger partial charge is 0.457 e. The quantitative estimate of drug-likeness (QED) is 0.913. The second-order valence-electron chi connectivity index (χ2n) is 4.61. The minimum Gasteiger partial charge on any atom is -0.457 e. The molecule has 1 atom stereocenters. The first kappa shape index (κ1) is 14.8. The van der Waals surface area contributed by atoms with Gasteiger partial charge < -0.3 is 10.5 Å². The van der Waals surface area contributed by atoms with Gasteiger partial charge in [-0.3, -0.25) is 0 Å². The van der Waals surface area contributed by atoms with Crippen molar-refractivity contribution in [2.75, 3.05) is 0 Å². The lowest BCUT2D eigenvalue weighted by molar-refractivity contribution is 0.469. The summed E-state index contributed by atoms with van der Waals surface area (Å²) in [6.07, 6.45) is 0.474. The van der Waals surface area contributed by atoms with Crippen molar-refractivity contribution < 1.29 is 13.5 Å². The number of rotatable bonds is 4. The molecule has 0 aliphatic carbocycles. The lowest BCUT2D eigenvalue weighted by Crippen LogP contribution is -2.18. The molecule has 0 radical (unpaired) electrons. The lowest BCUT2D eigenvalue weighted by atomic mass is 10.1. The van der Waals surface area contributed by atoms with Crippen molar-refractivity contribution in [3.05, 3.63) is 58.6 Å². The zero-order valence-electron chi connectivity index (χ0n) is 10.9. The normalized spacial score (nSPS) is 12.2. The van der Waals surface area contributed by atoms with Gasteiger partial charge in [-0.15, -0.1) is 0 Å². The fourth-order valence-electron chi connectivity index (χ4n) is 1.82. The Morgan fingerprint density at radius 3 is 2.60 bits per heavy atom. The van der Waals surface area contributed by atoms with Gasteiger partial charge >= 0.3 is 0 Å². The van der Waals surface area contributed by atoms with Crippen LogP contribution >= 0.6 is 11.6 Å². The smallest absolute Gasteiger partial charge is 0.142 e. The molecule has 0 aliphatic heterocycles. The van der Waals surface area contributed by atoms with Crippen LogP contribution in [0.3, 0.4) is 0 Å². The minimum atomic E-state index is -0.520. The molecule has 0 fully saturated rings. The van der Waals surface area contributed by atoms with Crippen LogP contribution in [-0.4, -0.2) is 6.04 Å². The fourth-order valence-corrected chi connectivity index (χ4v) is 1.99. The van der Waals surface area contributed by atoms with E-state index in [1.165, 1.54) is 36.4 Å². The Kier molecular flexibility index (Phi) is 4.57. The Balaban J connectivity index is 2.30. The maximum absolute atomic E-state index is 13.3. The summed E-state index contributed by atoms with van der Waals surface area (Å²) >= 11 is 5.69. The van der Waals surface area contributed by atoms with E-state index >= 15 is 0 Å². The van der Waals surface area contributed by atoms with Crippen molar-refractivity contribution in [1.82, 2.24) is 0 Å². The molecule has 2 rings (SSSR count). The van der Waals surface area contributed by atoms with E-state index in [4.69, 9.17) is 22.1 Å². The van der Waals surface area contributed by atoms with Crippen LogP contribution in [0.4, 0.5) is 8.78 Å². The van der Waals surface area contributed by atoms with Gasteiger partial charge in [-0.25, -0.2) is 8.78 Å². The molecule has 1 unspecified atom stereocenters. The van der Waals surface area contributed by atoms with Crippen LogP contribution < -0.4 is 10.5 Å². The highest BCUT2D eigenvalue weighted by Crippen LogP contribution is 2.29. The Morgan fingerprint density at radius 2 is 1.95 bits per heavy atom. The Morgan fingerprint density at radius 1 is 1.20 bits per heavy atom. The highest BCUT2D eigenvalue weighted by molar-refractivity contribution is 6.30. The Bertz CT molecular complexity index is 617. The lowest BCUT2D eigenvalue weighted by Gasteiger charge is -2.13. The van der Waals surface area contributed by atoms with Crippen LogP contribution in [0.25, 0.3) is 0 Å². The zero-order valence-corrected chi connectivity index (χ0v) is 11.6. The van der Waals surface area contributed by atoms with Gasteiger partial charge in [-0.2, -0.15) is 0 Å². The summed E-state index contributed by atoms with van der Waals surface area (Å²) in [5.41, 5.74) is 6.39. The summed E-state index contributed by atoms with van der Waals surface area (Å²) in [5, 5.41) is -0.0293. The third-order valence-electron chi connectivity index (χ3n) is 2.68. The third-order valence-corrected chi connectivity index (χ3v) is 2.97. The van der Waals surface area contributed by atoms with E-state index in [9.17, 15) is 8.78 Å². The first-order valence-electron chi connectivity index (χ1n) is 6.12. The van der Waals surface area contributed by atoms with Crippen molar-refractivity contribution in [1.29, 1.82) is 0 Å². The van der Waals surface area contributed by atoms with E-state index in [1.54, 1.807) is 0 Å². The predicted molar refractivity (Wildman–Crippen MR) is 75.2 cm³/mol. The van der Waals surface area contributed by atoms with Gasteiger partial charge in [0.2, 0.25) is 0 Å². The van der Waals surface area contributed by atoms with Gasteiger partial charge in [-0.05, 0) is 49.2 Å². The monoisotopic (exact) mass is 297 g/mol. The maximum Gasteiger partial charge on any atom is 0.142 e. The van der Waals surface area contributed by atoms with Crippen LogP contribution in [0.15, 0.2) is 36.4 Å². The number of hydrogen-bond donors (Lipinski definition) is 1. The summed E-state index contributed by atoms with van der Waals surface area (Å²) in [4.78, 5) is 0. The molecule has 106 valence electrons. The Labute approximate surface area is 121 Å². The van der Waals surface area contributed by atoms with Gasteiger partial charge in [0.15, 0.2) is 0 Å². The molecule has 5 heteroatoms. The van der Waals surface area contributed by atoms with Crippen molar-refractivity contribution in [2.24, 2.45) is 5.73 Å². The van der Waals surface area contributed by atoms with E-state index in [0.29, 0.717) is 23.5 Å². The van der Waals surface area contributed by atoms with E-state index in [0.717, 1.165) is 0 Å². The van der Waals surface area contributed by atoms with Gasteiger partial charge in [0.25, 0.3) is 0 Å².